The van der Waals surface area contributed by atoms with Crippen LogP contribution in [0.2, 0.25) is 0 Å². The lowest BCUT2D eigenvalue weighted by Crippen LogP contribution is -2.48. The topological polar surface area (TPSA) is 32.7 Å². The second kappa shape index (κ2) is 8.24. The zero-order valence-electron chi connectivity index (χ0n) is 16.2. The molecule has 26 heavy (non-hydrogen) atoms. The maximum atomic E-state index is 11.7. The number of benzene rings is 2. The largest absolute Gasteiger partial charge is 0.497 e. The smallest absolute Gasteiger partial charge is 0.118 e. The van der Waals surface area contributed by atoms with Gasteiger partial charge in [-0.2, -0.15) is 0 Å². The van der Waals surface area contributed by atoms with Gasteiger partial charge in [-0.05, 0) is 50.2 Å². The van der Waals surface area contributed by atoms with Gasteiger partial charge in [0.1, 0.15) is 5.75 Å². The van der Waals surface area contributed by atoms with Crippen LogP contribution in [0.4, 0.5) is 0 Å². The molecule has 0 aliphatic heterocycles. The predicted octanol–water partition coefficient (Wildman–Crippen LogP) is 4.46. The van der Waals surface area contributed by atoms with Gasteiger partial charge in [-0.25, -0.2) is 0 Å². The molecule has 140 valence electrons. The Hall–Kier alpha value is -1.84. The van der Waals surface area contributed by atoms with Gasteiger partial charge in [-0.1, -0.05) is 55.3 Å². The predicted molar refractivity (Wildman–Crippen MR) is 106 cm³/mol. The molecule has 0 amide bonds. The van der Waals surface area contributed by atoms with Gasteiger partial charge < -0.3 is 14.7 Å². The van der Waals surface area contributed by atoms with E-state index in [9.17, 15) is 5.11 Å². The molecule has 0 bridgehead atoms. The normalized spacial score (nSPS) is 24.4. The Morgan fingerprint density at radius 1 is 1.08 bits per heavy atom. The zero-order valence-corrected chi connectivity index (χ0v) is 16.2. The molecule has 3 rings (SSSR count). The van der Waals surface area contributed by atoms with Crippen molar-refractivity contribution >= 4 is 0 Å². The number of methoxy groups -OCH3 is 1. The van der Waals surface area contributed by atoms with Crippen molar-refractivity contribution < 1.29 is 9.84 Å². The Morgan fingerprint density at radius 3 is 2.38 bits per heavy atom. The summed E-state index contributed by atoms with van der Waals surface area (Å²) in [5.74, 6) is 1.08. The van der Waals surface area contributed by atoms with Crippen LogP contribution in [-0.4, -0.2) is 36.8 Å². The van der Waals surface area contributed by atoms with E-state index >= 15 is 0 Å². The van der Waals surface area contributed by atoms with Crippen molar-refractivity contribution in [2.45, 2.75) is 43.7 Å². The van der Waals surface area contributed by atoms with Gasteiger partial charge in [0, 0.05) is 18.4 Å². The first-order valence-electron chi connectivity index (χ1n) is 9.60. The molecule has 0 spiro atoms. The quantitative estimate of drug-likeness (QED) is 0.832. The molecule has 3 nitrogen and oxygen atoms in total. The third kappa shape index (κ3) is 4.11. The summed E-state index contributed by atoms with van der Waals surface area (Å²) in [6, 6.07) is 19.0. The lowest BCUT2D eigenvalue weighted by molar-refractivity contribution is -0.0770. The van der Waals surface area contributed by atoms with Crippen molar-refractivity contribution in [3.05, 3.63) is 65.7 Å². The van der Waals surface area contributed by atoms with Gasteiger partial charge in [-0.15, -0.1) is 0 Å². The van der Waals surface area contributed by atoms with Crippen molar-refractivity contribution in [2.75, 3.05) is 21.2 Å². The number of hydrogen-bond acceptors (Lipinski definition) is 3. The molecule has 3 atom stereocenters. The molecule has 1 N–H and O–H groups in total. The van der Waals surface area contributed by atoms with Gasteiger partial charge in [0.25, 0.3) is 0 Å². The first kappa shape index (κ1) is 18.9. The van der Waals surface area contributed by atoms with E-state index in [1.165, 1.54) is 17.5 Å². The molecular formula is C23H31NO2. The van der Waals surface area contributed by atoms with Crippen LogP contribution in [0.1, 0.15) is 42.9 Å². The van der Waals surface area contributed by atoms with E-state index < -0.39 is 5.60 Å². The highest BCUT2D eigenvalue weighted by Gasteiger charge is 2.44. The summed E-state index contributed by atoms with van der Waals surface area (Å²) in [7, 11) is 5.93. The van der Waals surface area contributed by atoms with E-state index in [-0.39, 0.29) is 12.0 Å². The van der Waals surface area contributed by atoms with Crippen LogP contribution in [0.25, 0.3) is 0 Å². The van der Waals surface area contributed by atoms with Crippen LogP contribution in [-0.2, 0) is 6.42 Å². The summed E-state index contributed by atoms with van der Waals surface area (Å²) < 4.78 is 5.26. The Labute approximate surface area is 157 Å². The monoisotopic (exact) mass is 353 g/mol. The minimum absolute atomic E-state index is 0.218. The van der Waals surface area contributed by atoms with Crippen LogP contribution in [0.5, 0.6) is 5.75 Å². The van der Waals surface area contributed by atoms with Crippen LogP contribution < -0.4 is 4.74 Å². The number of aliphatic hydroxyl groups is 1. The minimum Gasteiger partial charge on any atom is -0.497 e. The molecule has 0 aromatic heterocycles. The van der Waals surface area contributed by atoms with Crippen LogP contribution >= 0.6 is 0 Å². The van der Waals surface area contributed by atoms with E-state index in [0.717, 1.165) is 25.0 Å². The summed E-state index contributed by atoms with van der Waals surface area (Å²) >= 11 is 0. The van der Waals surface area contributed by atoms with Gasteiger partial charge in [-0.3, -0.25) is 0 Å². The van der Waals surface area contributed by atoms with Gasteiger partial charge in [0.05, 0.1) is 12.7 Å². The van der Waals surface area contributed by atoms with E-state index in [0.29, 0.717) is 6.42 Å². The maximum absolute atomic E-state index is 11.7. The molecule has 0 saturated heterocycles. The lowest BCUT2D eigenvalue weighted by Gasteiger charge is -2.46. The van der Waals surface area contributed by atoms with Crippen LogP contribution in [0.3, 0.4) is 0 Å². The molecule has 0 radical (unpaired) electrons. The number of nitrogens with zero attached hydrogens (tertiary/aromatic N) is 1. The third-order valence-corrected chi connectivity index (χ3v) is 5.81. The van der Waals surface area contributed by atoms with Crippen molar-refractivity contribution in [3.8, 4) is 5.75 Å². The van der Waals surface area contributed by atoms with Gasteiger partial charge >= 0.3 is 0 Å². The molecule has 2 aromatic carbocycles. The molecule has 2 aromatic rings. The van der Waals surface area contributed by atoms with E-state index in [2.05, 4.69) is 61.5 Å². The fourth-order valence-electron chi connectivity index (χ4n) is 4.56. The summed E-state index contributed by atoms with van der Waals surface area (Å²) in [5.41, 5.74) is 1.78. The molecule has 1 fully saturated rings. The second-order valence-corrected chi connectivity index (χ2v) is 7.80. The highest BCUT2D eigenvalue weighted by Crippen LogP contribution is 2.45. The maximum Gasteiger partial charge on any atom is 0.118 e. The Morgan fingerprint density at radius 2 is 1.77 bits per heavy atom. The van der Waals surface area contributed by atoms with Crippen LogP contribution in [0.15, 0.2) is 54.6 Å². The van der Waals surface area contributed by atoms with E-state index in [1.807, 2.05) is 12.1 Å². The third-order valence-electron chi connectivity index (χ3n) is 5.81. The first-order valence-corrected chi connectivity index (χ1v) is 9.60. The first-order chi connectivity index (χ1) is 12.5. The molecule has 1 aliphatic carbocycles. The average Bonchev–Trinajstić information content (AvgIpc) is 2.65. The van der Waals surface area contributed by atoms with Gasteiger partial charge in [0.15, 0.2) is 0 Å². The van der Waals surface area contributed by atoms with E-state index in [1.54, 1.807) is 7.11 Å². The molecule has 0 heterocycles. The van der Waals surface area contributed by atoms with Crippen LogP contribution in [0, 0.1) is 5.92 Å². The molecule has 1 saturated carbocycles. The summed E-state index contributed by atoms with van der Waals surface area (Å²) in [6.07, 6.45) is 4.90. The number of hydrogen-bond donors (Lipinski definition) is 1. The molecule has 3 unspecified atom stereocenters. The number of rotatable bonds is 6. The highest BCUT2D eigenvalue weighted by molar-refractivity contribution is 5.29. The standard InChI is InChI=1S/C23H31NO2/c1-24(2)22(19-9-5-4-6-10-19)21-11-7-8-16-23(21,25)17-18-12-14-20(26-3)15-13-18/h4-6,9-10,12-15,21-22,25H,7-8,11,16-17H2,1-3H3. The highest BCUT2D eigenvalue weighted by atomic mass is 16.5. The Bertz CT molecular complexity index is 683. The average molecular weight is 354 g/mol. The van der Waals surface area contributed by atoms with Crippen molar-refractivity contribution in [3.63, 3.8) is 0 Å². The minimum atomic E-state index is -0.683. The Kier molecular flexibility index (Phi) is 6.00. The van der Waals surface area contributed by atoms with Crippen molar-refractivity contribution in [2.24, 2.45) is 5.92 Å². The summed E-state index contributed by atoms with van der Waals surface area (Å²) in [6.45, 7) is 0. The molecule has 1 aliphatic rings. The fraction of sp³-hybridized carbons (Fsp3) is 0.478. The fourth-order valence-corrected chi connectivity index (χ4v) is 4.56. The SMILES string of the molecule is COc1ccc(CC2(O)CCCCC2C(c2ccccc2)N(C)C)cc1. The molecule has 3 heteroatoms. The second-order valence-electron chi connectivity index (χ2n) is 7.80. The van der Waals surface area contributed by atoms with Crippen molar-refractivity contribution in [1.29, 1.82) is 0 Å². The van der Waals surface area contributed by atoms with Gasteiger partial charge in [0.2, 0.25) is 0 Å². The van der Waals surface area contributed by atoms with Crippen molar-refractivity contribution in [1.82, 2.24) is 4.90 Å². The molecular weight excluding hydrogens is 322 g/mol. The zero-order chi connectivity index (χ0) is 18.6. The van der Waals surface area contributed by atoms with E-state index in [4.69, 9.17) is 4.74 Å². The lowest BCUT2D eigenvalue weighted by atomic mass is 9.67. The number of ether oxygens (including phenoxy) is 1. The Balaban J connectivity index is 1.89. The summed E-state index contributed by atoms with van der Waals surface area (Å²) in [4.78, 5) is 2.27. The summed E-state index contributed by atoms with van der Waals surface area (Å²) in [5, 5.41) is 11.7.